The molecule has 0 aliphatic heterocycles. The highest BCUT2D eigenvalue weighted by Gasteiger charge is 2.32. The molecule has 3 aromatic rings. The van der Waals surface area contributed by atoms with E-state index in [0.29, 0.717) is 0 Å². The van der Waals surface area contributed by atoms with E-state index in [1.807, 2.05) is 0 Å². The fourth-order valence-corrected chi connectivity index (χ4v) is 3.87. The van der Waals surface area contributed by atoms with E-state index in [-0.39, 0.29) is 37.0 Å². The number of benzene rings is 2. The van der Waals surface area contributed by atoms with Gasteiger partial charge in [-0.05, 0) is 59.0 Å². The number of imide groups is 1. The summed E-state index contributed by atoms with van der Waals surface area (Å²) in [5, 5.41) is 0.411. The minimum atomic E-state index is -0.745. The summed E-state index contributed by atoms with van der Waals surface area (Å²) >= 11 is 26.8. The van der Waals surface area contributed by atoms with E-state index in [0.717, 1.165) is 8.47 Å². The van der Waals surface area contributed by atoms with Gasteiger partial charge in [-0.1, -0.05) is 58.5 Å². The van der Waals surface area contributed by atoms with Gasteiger partial charge in [0.1, 0.15) is 5.82 Å². The third-order valence-electron chi connectivity index (χ3n) is 3.70. The first kappa shape index (κ1) is 21.3. The second kappa shape index (κ2) is 8.97. The second-order valence-electron chi connectivity index (χ2n) is 5.47. The van der Waals surface area contributed by atoms with Crippen molar-refractivity contribution in [3.8, 4) is 0 Å². The molecule has 9 heteroatoms. The van der Waals surface area contributed by atoms with Crippen molar-refractivity contribution in [3.63, 3.8) is 0 Å². The van der Waals surface area contributed by atoms with Gasteiger partial charge in [0, 0.05) is 9.77 Å². The van der Waals surface area contributed by atoms with E-state index in [9.17, 15) is 9.59 Å². The zero-order chi connectivity index (χ0) is 20.4. The molecule has 28 heavy (non-hydrogen) atoms. The average molecular weight is 566 g/mol. The summed E-state index contributed by atoms with van der Waals surface area (Å²) in [6.45, 7) is 0. The minimum absolute atomic E-state index is 0.0253. The molecule has 0 spiro atoms. The number of amides is 2. The first-order valence-corrected chi connectivity index (χ1v) is 10.3. The van der Waals surface area contributed by atoms with Gasteiger partial charge < -0.3 is 0 Å². The van der Waals surface area contributed by atoms with E-state index in [1.54, 1.807) is 18.2 Å². The summed E-state index contributed by atoms with van der Waals surface area (Å²) in [4.78, 5) is 31.7. The lowest BCUT2D eigenvalue weighted by Crippen LogP contribution is -2.38. The van der Waals surface area contributed by atoms with Crippen LogP contribution < -0.4 is 4.90 Å². The van der Waals surface area contributed by atoms with Gasteiger partial charge >= 0.3 is 0 Å². The second-order valence-corrected chi connectivity index (χ2v) is 8.35. The standard InChI is InChI=1S/C19H9Cl4IN2O2/c20-11-3-1-4-12(21)16(11)18(27)26(15-8-7-10(24)9-25-15)19(28)17-13(22)5-2-6-14(17)23/h1-9H. The van der Waals surface area contributed by atoms with Crippen LogP contribution in [0.25, 0.3) is 0 Å². The molecular formula is C19H9Cl4IN2O2. The molecule has 0 unspecified atom stereocenters. The Balaban J connectivity index is 2.20. The summed E-state index contributed by atoms with van der Waals surface area (Å²) in [6.07, 6.45) is 1.52. The van der Waals surface area contributed by atoms with Gasteiger partial charge in [-0.3, -0.25) is 9.59 Å². The number of rotatable bonds is 3. The molecule has 4 nitrogen and oxygen atoms in total. The molecule has 0 aliphatic rings. The maximum absolute atomic E-state index is 13.3. The fourth-order valence-electron chi connectivity index (χ4n) is 2.43. The Morgan fingerprint density at radius 3 is 1.54 bits per heavy atom. The molecular weight excluding hydrogens is 557 g/mol. The van der Waals surface area contributed by atoms with E-state index in [1.165, 1.54) is 36.5 Å². The molecule has 0 aliphatic carbocycles. The quantitative estimate of drug-likeness (QED) is 0.260. The summed E-state index contributed by atoms with van der Waals surface area (Å²) in [5.74, 6) is -1.40. The SMILES string of the molecule is O=C(c1c(Cl)cccc1Cl)N(C(=O)c1c(Cl)cccc1Cl)c1ccc(I)cn1. The smallest absolute Gasteiger partial charge is 0.268 e. The highest BCUT2D eigenvalue weighted by atomic mass is 127. The minimum Gasteiger partial charge on any atom is -0.268 e. The molecule has 0 saturated carbocycles. The normalized spacial score (nSPS) is 10.6. The summed E-state index contributed by atoms with van der Waals surface area (Å²) < 4.78 is 0.827. The number of hydrogen-bond donors (Lipinski definition) is 0. The van der Waals surface area contributed by atoms with Crippen molar-refractivity contribution in [2.24, 2.45) is 0 Å². The van der Waals surface area contributed by atoms with E-state index in [2.05, 4.69) is 27.6 Å². The maximum atomic E-state index is 13.3. The Labute approximate surface area is 194 Å². The van der Waals surface area contributed by atoms with Crippen LogP contribution >= 0.6 is 69.0 Å². The van der Waals surface area contributed by atoms with E-state index >= 15 is 0 Å². The van der Waals surface area contributed by atoms with Crippen molar-refractivity contribution >= 4 is 86.6 Å². The van der Waals surface area contributed by atoms with Crippen LogP contribution in [0.4, 0.5) is 5.82 Å². The molecule has 1 aromatic heterocycles. The lowest BCUT2D eigenvalue weighted by atomic mass is 10.1. The van der Waals surface area contributed by atoms with E-state index < -0.39 is 11.8 Å². The Morgan fingerprint density at radius 2 is 1.18 bits per heavy atom. The topological polar surface area (TPSA) is 50.3 Å². The molecule has 1 heterocycles. The van der Waals surface area contributed by atoms with Crippen LogP contribution in [0.5, 0.6) is 0 Å². The maximum Gasteiger partial charge on any atom is 0.269 e. The average Bonchev–Trinajstić information content (AvgIpc) is 2.63. The zero-order valence-electron chi connectivity index (χ0n) is 13.8. The molecule has 0 atom stereocenters. The first-order valence-electron chi connectivity index (χ1n) is 7.69. The fraction of sp³-hybridized carbons (Fsp3) is 0. The van der Waals surface area contributed by atoms with Gasteiger partial charge in [-0.25, -0.2) is 9.88 Å². The lowest BCUT2D eigenvalue weighted by molar-refractivity contribution is 0.0897. The monoisotopic (exact) mass is 564 g/mol. The predicted octanol–water partition coefficient (Wildman–Crippen LogP) is 6.79. The van der Waals surface area contributed by atoms with Gasteiger partial charge in [0.2, 0.25) is 0 Å². The molecule has 0 saturated heterocycles. The molecule has 2 amide bonds. The van der Waals surface area contributed by atoms with E-state index in [4.69, 9.17) is 46.4 Å². The van der Waals surface area contributed by atoms with Crippen LogP contribution in [-0.2, 0) is 0 Å². The first-order chi connectivity index (χ1) is 13.3. The number of halogens is 5. The molecule has 142 valence electrons. The van der Waals surface area contributed by atoms with Crippen LogP contribution in [0.3, 0.4) is 0 Å². The predicted molar refractivity (Wildman–Crippen MR) is 121 cm³/mol. The van der Waals surface area contributed by atoms with Crippen molar-refractivity contribution in [3.05, 3.63) is 89.5 Å². The number of aromatic nitrogens is 1. The molecule has 0 bridgehead atoms. The Morgan fingerprint density at radius 1 is 0.750 bits per heavy atom. The van der Waals surface area contributed by atoms with Crippen molar-refractivity contribution in [2.45, 2.75) is 0 Å². The zero-order valence-corrected chi connectivity index (χ0v) is 19.0. The van der Waals surface area contributed by atoms with Crippen LogP contribution in [0.2, 0.25) is 20.1 Å². The summed E-state index contributed by atoms with van der Waals surface area (Å²) in [7, 11) is 0. The molecule has 2 aromatic carbocycles. The number of anilines is 1. The van der Waals surface area contributed by atoms with Crippen LogP contribution in [0, 0.1) is 3.57 Å². The van der Waals surface area contributed by atoms with Crippen molar-refractivity contribution in [1.82, 2.24) is 4.98 Å². The Kier molecular flexibility index (Phi) is 6.83. The van der Waals surface area contributed by atoms with Gasteiger partial charge in [-0.2, -0.15) is 0 Å². The largest absolute Gasteiger partial charge is 0.269 e. The van der Waals surface area contributed by atoms with Gasteiger partial charge in [0.25, 0.3) is 11.8 Å². The molecule has 0 fully saturated rings. The van der Waals surface area contributed by atoms with Gasteiger partial charge in [0.15, 0.2) is 0 Å². The summed E-state index contributed by atoms with van der Waals surface area (Å²) in [5.41, 5.74) is -0.0505. The molecule has 0 N–H and O–H groups in total. The summed E-state index contributed by atoms with van der Waals surface area (Å²) in [6, 6.07) is 12.5. The van der Waals surface area contributed by atoms with Crippen molar-refractivity contribution in [1.29, 1.82) is 0 Å². The van der Waals surface area contributed by atoms with Crippen LogP contribution in [0.1, 0.15) is 20.7 Å². The Hall–Kier alpha value is -1.38. The van der Waals surface area contributed by atoms with Crippen molar-refractivity contribution < 1.29 is 9.59 Å². The number of hydrogen-bond acceptors (Lipinski definition) is 3. The number of nitrogens with zero attached hydrogens (tertiary/aromatic N) is 2. The Bertz CT molecular complexity index is 970. The number of carbonyl (C=O) groups is 2. The highest BCUT2D eigenvalue weighted by molar-refractivity contribution is 14.1. The number of pyridine rings is 1. The van der Waals surface area contributed by atoms with Crippen LogP contribution in [-0.4, -0.2) is 16.8 Å². The third kappa shape index (κ3) is 4.28. The molecule has 3 rings (SSSR count). The van der Waals surface area contributed by atoms with Gasteiger partial charge in [0.05, 0.1) is 31.2 Å². The lowest BCUT2D eigenvalue weighted by Gasteiger charge is -2.22. The molecule has 0 radical (unpaired) electrons. The third-order valence-corrected chi connectivity index (χ3v) is 5.60. The number of carbonyl (C=O) groups excluding carboxylic acids is 2. The highest BCUT2D eigenvalue weighted by Crippen LogP contribution is 2.31. The van der Waals surface area contributed by atoms with Crippen LogP contribution in [0.15, 0.2) is 54.7 Å². The van der Waals surface area contributed by atoms with Gasteiger partial charge in [-0.15, -0.1) is 0 Å². The van der Waals surface area contributed by atoms with Crippen molar-refractivity contribution in [2.75, 3.05) is 4.90 Å².